The number of aliphatic imine (C=N–C) groups is 1. The maximum Gasteiger partial charge on any atom is 0.228 e. The monoisotopic (exact) mass is 416 g/mol. The first-order chi connectivity index (χ1) is 14.6. The number of benzene rings is 1. The smallest absolute Gasteiger partial charge is 0.228 e. The van der Waals surface area contributed by atoms with Crippen LogP contribution < -0.4 is 5.32 Å². The van der Waals surface area contributed by atoms with Gasteiger partial charge in [-0.05, 0) is 31.4 Å². The fourth-order valence-corrected chi connectivity index (χ4v) is 3.93. The maximum atomic E-state index is 12.2. The Kier molecular flexibility index (Phi) is 4.75. The van der Waals surface area contributed by atoms with E-state index >= 15 is 0 Å². The van der Waals surface area contributed by atoms with Crippen molar-refractivity contribution in [2.75, 3.05) is 5.32 Å². The van der Waals surface area contributed by atoms with Crippen LogP contribution >= 0.6 is 11.6 Å². The van der Waals surface area contributed by atoms with Gasteiger partial charge in [-0.2, -0.15) is 0 Å². The lowest BCUT2D eigenvalue weighted by Gasteiger charge is -2.10. The Balaban J connectivity index is 1.59. The lowest BCUT2D eigenvalue weighted by molar-refractivity contribution is -0.117. The van der Waals surface area contributed by atoms with Gasteiger partial charge in [-0.1, -0.05) is 35.9 Å². The standard InChI is InChI=1S/C24H21ClN4O/c1-15-12-27-23(28-24(30)16-8-9-16)11-22(15)29-13-18(17-5-2-3-6-20(17)25)19(14-29)21-7-4-10-26-21/h2-6,10-14,16H,7-9H2,1H3,(H,27,28,30). The van der Waals surface area contributed by atoms with Crippen molar-refractivity contribution >= 4 is 29.0 Å². The van der Waals surface area contributed by atoms with Crippen LogP contribution in [0, 0.1) is 12.8 Å². The number of nitrogens with one attached hydrogen (secondary N) is 1. The Labute approximate surface area is 180 Å². The second-order valence-electron chi connectivity index (χ2n) is 7.76. The molecule has 3 aromatic rings. The van der Waals surface area contributed by atoms with E-state index in [-0.39, 0.29) is 11.8 Å². The number of hydrogen-bond acceptors (Lipinski definition) is 3. The Bertz CT molecular complexity index is 1200. The first kappa shape index (κ1) is 18.8. The van der Waals surface area contributed by atoms with Crippen molar-refractivity contribution in [3.8, 4) is 16.8 Å². The third kappa shape index (κ3) is 3.57. The summed E-state index contributed by atoms with van der Waals surface area (Å²) in [5.74, 6) is 0.755. The minimum absolute atomic E-state index is 0.0497. The van der Waals surface area contributed by atoms with Crippen LogP contribution in [0.4, 0.5) is 5.82 Å². The average molecular weight is 417 g/mol. The molecule has 0 saturated heterocycles. The number of nitrogens with zero attached hydrogens (tertiary/aromatic N) is 3. The van der Waals surface area contributed by atoms with Gasteiger partial charge >= 0.3 is 0 Å². The molecular weight excluding hydrogens is 396 g/mol. The number of anilines is 1. The summed E-state index contributed by atoms with van der Waals surface area (Å²) in [5.41, 5.74) is 6.03. The van der Waals surface area contributed by atoms with E-state index in [2.05, 4.69) is 32.3 Å². The molecule has 0 radical (unpaired) electrons. The molecule has 1 aromatic carbocycles. The molecule has 5 rings (SSSR count). The molecule has 150 valence electrons. The highest BCUT2D eigenvalue weighted by Crippen LogP contribution is 2.35. The average Bonchev–Trinajstić information content (AvgIpc) is 3.28. The number of allylic oxidation sites excluding steroid dienone is 1. The van der Waals surface area contributed by atoms with E-state index < -0.39 is 0 Å². The zero-order chi connectivity index (χ0) is 20.7. The molecule has 5 nitrogen and oxygen atoms in total. The number of aromatic nitrogens is 2. The summed E-state index contributed by atoms with van der Waals surface area (Å²) in [6.45, 7) is 2.01. The predicted molar refractivity (Wildman–Crippen MR) is 120 cm³/mol. The molecule has 2 aliphatic rings. The van der Waals surface area contributed by atoms with Crippen LogP contribution in [0.1, 0.15) is 30.4 Å². The highest BCUT2D eigenvalue weighted by Gasteiger charge is 2.30. The molecule has 2 aromatic heterocycles. The van der Waals surface area contributed by atoms with E-state index in [1.807, 2.05) is 49.5 Å². The quantitative estimate of drug-likeness (QED) is 0.592. The van der Waals surface area contributed by atoms with Gasteiger partial charge in [0.25, 0.3) is 0 Å². The summed E-state index contributed by atoms with van der Waals surface area (Å²) >= 11 is 6.52. The molecule has 0 bridgehead atoms. The van der Waals surface area contributed by atoms with Crippen molar-refractivity contribution in [3.05, 3.63) is 77.3 Å². The molecule has 1 N–H and O–H groups in total. The van der Waals surface area contributed by atoms with Crippen molar-refractivity contribution < 1.29 is 4.79 Å². The van der Waals surface area contributed by atoms with Crippen molar-refractivity contribution in [2.24, 2.45) is 10.9 Å². The van der Waals surface area contributed by atoms with Crippen LogP contribution in [-0.4, -0.2) is 21.2 Å². The number of hydrogen-bond donors (Lipinski definition) is 1. The summed E-state index contributed by atoms with van der Waals surface area (Å²) in [5, 5.41) is 3.64. The highest BCUT2D eigenvalue weighted by molar-refractivity contribution is 6.33. The summed E-state index contributed by atoms with van der Waals surface area (Å²) in [6.07, 6.45) is 12.6. The lowest BCUT2D eigenvalue weighted by Crippen LogP contribution is -2.14. The summed E-state index contributed by atoms with van der Waals surface area (Å²) in [6, 6.07) is 9.76. The molecule has 1 amide bonds. The van der Waals surface area contributed by atoms with Crippen LogP contribution in [0.5, 0.6) is 0 Å². The Morgan fingerprint density at radius 1 is 1.17 bits per heavy atom. The molecule has 0 spiro atoms. The van der Waals surface area contributed by atoms with Gasteiger partial charge in [-0.25, -0.2) is 4.98 Å². The van der Waals surface area contributed by atoms with Crippen LogP contribution in [-0.2, 0) is 4.79 Å². The van der Waals surface area contributed by atoms with Crippen molar-refractivity contribution in [2.45, 2.75) is 26.2 Å². The number of carbonyl (C=O) groups is 1. The van der Waals surface area contributed by atoms with Crippen molar-refractivity contribution in [3.63, 3.8) is 0 Å². The van der Waals surface area contributed by atoms with Gasteiger partial charge in [0.05, 0.1) is 11.4 Å². The van der Waals surface area contributed by atoms with Gasteiger partial charge in [0.15, 0.2) is 0 Å². The van der Waals surface area contributed by atoms with Gasteiger partial charge < -0.3 is 9.88 Å². The van der Waals surface area contributed by atoms with E-state index in [4.69, 9.17) is 11.6 Å². The zero-order valence-corrected chi connectivity index (χ0v) is 17.4. The summed E-state index contributed by atoms with van der Waals surface area (Å²) in [4.78, 5) is 21.1. The van der Waals surface area contributed by atoms with Crippen LogP contribution in [0.15, 0.2) is 66.2 Å². The van der Waals surface area contributed by atoms with Crippen LogP contribution in [0.2, 0.25) is 5.02 Å². The molecule has 1 saturated carbocycles. The Morgan fingerprint density at radius 3 is 2.70 bits per heavy atom. The first-order valence-electron chi connectivity index (χ1n) is 10.1. The van der Waals surface area contributed by atoms with Gasteiger partial charge in [0.1, 0.15) is 5.82 Å². The Morgan fingerprint density at radius 2 is 1.97 bits per heavy atom. The SMILES string of the molecule is Cc1cnc(NC(=O)C2CC2)cc1-n1cc(C2=NC=CC2)c(-c2ccccc2Cl)c1. The molecule has 3 heterocycles. The molecule has 1 aliphatic heterocycles. The van der Waals surface area contributed by atoms with Crippen molar-refractivity contribution in [1.82, 2.24) is 9.55 Å². The number of pyridine rings is 1. The Hall–Kier alpha value is -3.18. The van der Waals surface area contributed by atoms with Crippen LogP contribution in [0.3, 0.4) is 0 Å². The van der Waals surface area contributed by atoms with E-state index in [9.17, 15) is 4.79 Å². The second-order valence-corrected chi connectivity index (χ2v) is 8.16. The number of halogens is 1. The highest BCUT2D eigenvalue weighted by atomic mass is 35.5. The number of rotatable bonds is 5. The van der Waals surface area contributed by atoms with Crippen molar-refractivity contribution in [1.29, 1.82) is 0 Å². The third-order valence-electron chi connectivity index (χ3n) is 5.50. The van der Waals surface area contributed by atoms with Gasteiger partial charge in [0, 0.05) is 64.9 Å². The summed E-state index contributed by atoms with van der Waals surface area (Å²) in [7, 11) is 0. The molecule has 0 unspecified atom stereocenters. The summed E-state index contributed by atoms with van der Waals surface area (Å²) < 4.78 is 2.07. The number of carbonyl (C=O) groups excluding carboxylic acids is 1. The lowest BCUT2D eigenvalue weighted by atomic mass is 10.0. The second kappa shape index (κ2) is 7.58. The molecule has 30 heavy (non-hydrogen) atoms. The maximum absolute atomic E-state index is 12.2. The predicted octanol–water partition coefficient (Wildman–Crippen LogP) is 5.56. The number of aryl methyl sites for hydroxylation is 1. The first-order valence-corrected chi connectivity index (χ1v) is 10.4. The molecule has 6 heteroatoms. The van der Waals surface area contributed by atoms with Crippen LogP contribution in [0.25, 0.3) is 16.8 Å². The largest absolute Gasteiger partial charge is 0.322 e. The molecule has 1 aliphatic carbocycles. The minimum atomic E-state index is 0.0497. The number of amides is 1. The normalized spacial score (nSPS) is 15.3. The van der Waals surface area contributed by atoms with E-state index in [1.54, 1.807) is 6.20 Å². The molecular formula is C24H21ClN4O. The van der Waals surface area contributed by atoms with E-state index in [0.717, 1.165) is 52.9 Å². The third-order valence-corrected chi connectivity index (χ3v) is 5.83. The molecule has 1 fully saturated rings. The minimum Gasteiger partial charge on any atom is -0.322 e. The fourth-order valence-electron chi connectivity index (χ4n) is 3.69. The molecule has 0 atom stereocenters. The van der Waals surface area contributed by atoms with Gasteiger partial charge in [-0.15, -0.1) is 0 Å². The zero-order valence-electron chi connectivity index (χ0n) is 16.6. The van der Waals surface area contributed by atoms with E-state index in [0.29, 0.717) is 10.8 Å². The van der Waals surface area contributed by atoms with Gasteiger partial charge in [0.2, 0.25) is 5.91 Å². The van der Waals surface area contributed by atoms with E-state index in [1.165, 1.54) is 0 Å². The fraction of sp³-hybridized carbons (Fsp3) is 0.208. The topological polar surface area (TPSA) is 59.3 Å². The van der Waals surface area contributed by atoms with Gasteiger partial charge in [-0.3, -0.25) is 9.79 Å².